The van der Waals surface area contributed by atoms with Gasteiger partial charge in [-0.3, -0.25) is 4.90 Å². The number of aliphatic hydroxyl groups excluding tert-OH is 1. The summed E-state index contributed by atoms with van der Waals surface area (Å²) in [5.74, 6) is 1.54. The molecule has 0 saturated carbocycles. The van der Waals surface area contributed by atoms with Gasteiger partial charge in [0, 0.05) is 38.1 Å². The minimum absolute atomic E-state index is 0.147. The number of likely N-dealkylation sites (tertiary alicyclic amines) is 1. The summed E-state index contributed by atoms with van der Waals surface area (Å²) in [5, 5.41) is 16.3. The smallest absolute Gasteiger partial charge is 0.120 e. The maximum Gasteiger partial charge on any atom is 0.120 e. The van der Waals surface area contributed by atoms with E-state index >= 15 is 0 Å². The zero-order valence-corrected chi connectivity index (χ0v) is 15.6. The van der Waals surface area contributed by atoms with Crippen LogP contribution in [0, 0.1) is 5.92 Å². The van der Waals surface area contributed by atoms with Crippen molar-refractivity contribution in [2.45, 2.75) is 51.0 Å². The maximum absolute atomic E-state index is 9.44. The number of aliphatic hydroxyl groups is 1. The molecule has 3 rings (SSSR count). The molecule has 25 heavy (non-hydrogen) atoms. The third-order valence-corrected chi connectivity index (χ3v) is 5.43. The lowest BCUT2D eigenvalue weighted by atomic mass is 9.89. The van der Waals surface area contributed by atoms with Gasteiger partial charge in [0.1, 0.15) is 11.9 Å². The molecule has 2 aliphatic rings. The minimum atomic E-state index is -0.147. The van der Waals surface area contributed by atoms with Gasteiger partial charge in [-0.05, 0) is 57.5 Å². The van der Waals surface area contributed by atoms with Gasteiger partial charge in [-0.15, -0.1) is 0 Å². The van der Waals surface area contributed by atoms with E-state index in [9.17, 15) is 5.11 Å². The van der Waals surface area contributed by atoms with Gasteiger partial charge in [-0.1, -0.05) is 12.1 Å². The molecule has 2 saturated heterocycles. The largest absolute Gasteiger partial charge is 0.490 e. The summed E-state index contributed by atoms with van der Waals surface area (Å²) in [6, 6.07) is 9.08. The number of nitrogens with one attached hydrogen (secondary N) is 2. The molecule has 2 heterocycles. The van der Waals surface area contributed by atoms with Crippen LogP contribution in [0.2, 0.25) is 0 Å². The number of hydrogen-bond acceptors (Lipinski definition) is 5. The highest BCUT2D eigenvalue weighted by atomic mass is 16.5. The third kappa shape index (κ3) is 5.42. The van der Waals surface area contributed by atoms with Gasteiger partial charge in [0.05, 0.1) is 6.10 Å². The molecule has 0 radical (unpaired) electrons. The minimum Gasteiger partial charge on any atom is -0.490 e. The Kier molecular flexibility index (Phi) is 6.70. The van der Waals surface area contributed by atoms with E-state index in [4.69, 9.17) is 4.74 Å². The lowest BCUT2D eigenvalue weighted by molar-refractivity contribution is -0.00292. The number of nitrogens with zero attached hydrogens (tertiary/aromatic N) is 1. The van der Waals surface area contributed by atoms with E-state index in [2.05, 4.69) is 46.7 Å². The summed E-state index contributed by atoms with van der Waals surface area (Å²) in [7, 11) is 2.00. The first-order valence-corrected chi connectivity index (χ1v) is 9.68. The fourth-order valence-electron chi connectivity index (χ4n) is 3.84. The molecule has 5 heteroatoms. The first-order chi connectivity index (χ1) is 12.1. The molecule has 0 amide bonds. The molecular formula is C20H33N3O2. The number of β-amino-alcohol motifs (C(OH)–C–C–N with tert-alkyl or cyclic N) is 1. The van der Waals surface area contributed by atoms with Crippen LogP contribution in [-0.2, 0) is 6.54 Å². The molecule has 0 aromatic heterocycles. The summed E-state index contributed by atoms with van der Waals surface area (Å²) in [6.07, 6.45) is 3.58. The second-order valence-electron chi connectivity index (χ2n) is 7.69. The first kappa shape index (κ1) is 18.6. The molecule has 1 aromatic rings. The molecule has 140 valence electrons. The highest BCUT2D eigenvalue weighted by Crippen LogP contribution is 2.25. The van der Waals surface area contributed by atoms with Gasteiger partial charge in [0.2, 0.25) is 0 Å². The summed E-state index contributed by atoms with van der Waals surface area (Å²) in [5.41, 5.74) is 1.26. The number of hydrogen-bond donors (Lipinski definition) is 3. The summed E-state index contributed by atoms with van der Waals surface area (Å²) >= 11 is 0. The van der Waals surface area contributed by atoms with Crippen LogP contribution >= 0.6 is 0 Å². The molecule has 5 nitrogen and oxygen atoms in total. The molecule has 3 atom stereocenters. The highest BCUT2D eigenvalue weighted by molar-refractivity contribution is 5.29. The highest BCUT2D eigenvalue weighted by Gasteiger charge is 2.27. The Morgan fingerprint density at radius 1 is 1.36 bits per heavy atom. The normalized spacial score (nSPS) is 26.2. The van der Waals surface area contributed by atoms with E-state index in [0.29, 0.717) is 12.0 Å². The van der Waals surface area contributed by atoms with Crippen LogP contribution in [-0.4, -0.2) is 61.5 Å². The van der Waals surface area contributed by atoms with E-state index in [-0.39, 0.29) is 12.2 Å². The summed E-state index contributed by atoms with van der Waals surface area (Å²) < 4.78 is 6.44. The fourth-order valence-corrected chi connectivity index (χ4v) is 3.84. The number of ether oxygens (including phenoxy) is 1. The predicted octanol–water partition coefficient (Wildman–Crippen LogP) is 1.61. The predicted molar refractivity (Wildman–Crippen MR) is 101 cm³/mol. The van der Waals surface area contributed by atoms with Gasteiger partial charge in [-0.2, -0.15) is 0 Å². The van der Waals surface area contributed by atoms with E-state index in [1.165, 1.54) is 18.4 Å². The van der Waals surface area contributed by atoms with Gasteiger partial charge < -0.3 is 20.5 Å². The van der Waals surface area contributed by atoms with Crippen LogP contribution < -0.4 is 15.4 Å². The van der Waals surface area contributed by atoms with E-state index in [1.807, 2.05) is 7.05 Å². The van der Waals surface area contributed by atoms with Crippen molar-refractivity contribution >= 4 is 0 Å². The summed E-state index contributed by atoms with van der Waals surface area (Å²) in [6.45, 7) is 6.72. The molecule has 0 aliphatic carbocycles. The Balaban J connectivity index is 1.60. The van der Waals surface area contributed by atoms with Crippen LogP contribution in [0.25, 0.3) is 0 Å². The van der Waals surface area contributed by atoms with Crippen LogP contribution in [0.5, 0.6) is 5.75 Å². The Morgan fingerprint density at radius 2 is 2.20 bits per heavy atom. The molecule has 2 fully saturated rings. The second kappa shape index (κ2) is 8.99. The first-order valence-electron chi connectivity index (χ1n) is 9.68. The Hall–Kier alpha value is -1.14. The molecule has 0 spiro atoms. The van der Waals surface area contributed by atoms with Crippen molar-refractivity contribution in [3.8, 4) is 5.75 Å². The van der Waals surface area contributed by atoms with Crippen molar-refractivity contribution in [3.05, 3.63) is 29.8 Å². The van der Waals surface area contributed by atoms with Crippen molar-refractivity contribution < 1.29 is 9.84 Å². The van der Waals surface area contributed by atoms with Gasteiger partial charge in [0.25, 0.3) is 0 Å². The molecule has 0 bridgehead atoms. The van der Waals surface area contributed by atoms with Crippen LogP contribution in [0.15, 0.2) is 24.3 Å². The third-order valence-electron chi connectivity index (χ3n) is 5.43. The Bertz CT molecular complexity index is 525. The number of rotatable bonds is 8. The van der Waals surface area contributed by atoms with Gasteiger partial charge >= 0.3 is 0 Å². The fraction of sp³-hybridized carbons (Fsp3) is 0.700. The topological polar surface area (TPSA) is 56.8 Å². The monoisotopic (exact) mass is 347 g/mol. The number of piperidine rings is 1. The summed E-state index contributed by atoms with van der Waals surface area (Å²) in [4.78, 5) is 2.26. The van der Waals surface area contributed by atoms with Crippen LogP contribution in [0.1, 0.15) is 31.7 Å². The molecule has 2 aliphatic heterocycles. The van der Waals surface area contributed by atoms with E-state index in [1.54, 1.807) is 0 Å². The van der Waals surface area contributed by atoms with Crippen molar-refractivity contribution in [2.24, 2.45) is 5.92 Å². The Labute approximate surface area is 151 Å². The second-order valence-corrected chi connectivity index (χ2v) is 7.69. The standard InChI is InChI=1S/C20H33N3O2/c1-15-6-7-17(11-22-15)20(8-9-21-2)25-19-5-3-4-16(10-19)12-23-13-18(24)14-23/h3-5,10,15,17-18,20-22,24H,6-9,11-14H2,1-2H3. The lowest BCUT2D eigenvalue weighted by Crippen LogP contribution is -2.49. The zero-order valence-electron chi connectivity index (χ0n) is 15.6. The van der Waals surface area contributed by atoms with Crippen molar-refractivity contribution in [2.75, 3.05) is 33.2 Å². The quantitative estimate of drug-likeness (QED) is 0.667. The van der Waals surface area contributed by atoms with Crippen LogP contribution in [0.4, 0.5) is 0 Å². The van der Waals surface area contributed by atoms with Crippen molar-refractivity contribution in [1.82, 2.24) is 15.5 Å². The molecule has 3 N–H and O–H groups in total. The number of benzene rings is 1. The average Bonchev–Trinajstić information content (AvgIpc) is 2.58. The van der Waals surface area contributed by atoms with Crippen molar-refractivity contribution in [1.29, 1.82) is 0 Å². The molecular weight excluding hydrogens is 314 g/mol. The van der Waals surface area contributed by atoms with Crippen LogP contribution in [0.3, 0.4) is 0 Å². The Morgan fingerprint density at radius 3 is 2.88 bits per heavy atom. The van der Waals surface area contributed by atoms with Gasteiger partial charge in [0.15, 0.2) is 0 Å². The van der Waals surface area contributed by atoms with Gasteiger partial charge in [-0.25, -0.2) is 0 Å². The molecule has 3 unspecified atom stereocenters. The van der Waals surface area contributed by atoms with E-state index in [0.717, 1.165) is 44.9 Å². The molecule has 1 aromatic carbocycles. The SMILES string of the molecule is CNCCC(Oc1cccc(CN2CC(O)C2)c1)C1CCC(C)NC1. The van der Waals surface area contributed by atoms with E-state index < -0.39 is 0 Å². The lowest BCUT2D eigenvalue weighted by Gasteiger charge is -2.36. The average molecular weight is 348 g/mol. The maximum atomic E-state index is 9.44. The zero-order chi connectivity index (χ0) is 17.6. The van der Waals surface area contributed by atoms with Crippen molar-refractivity contribution in [3.63, 3.8) is 0 Å².